The van der Waals surface area contributed by atoms with E-state index in [1.807, 2.05) is 25.7 Å². The van der Waals surface area contributed by atoms with Crippen LogP contribution in [0, 0.1) is 0 Å². The van der Waals surface area contributed by atoms with E-state index in [-0.39, 0.29) is 0 Å². The summed E-state index contributed by atoms with van der Waals surface area (Å²) in [5.41, 5.74) is 0.961. The third-order valence-corrected chi connectivity index (χ3v) is 5.10. The summed E-state index contributed by atoms with van der Waals surface area (Å²) >= 11 is 5.82. The Kier molecular flexibility index (Phi) is 2.61. The summed E-state index contributed by atoms with van der Waals surface area (Å²) in [6, 6.07) is 0. The molecule has 0 aromatic heterocycles. The molecule has 0 fully saturated rings. The molecule has 1 atom stereocenters. The van der Waals surface area contributed by atoms with Crippen molar-refractivity contribution in [1.29, 1.82) is 0 Å². The van der Waals surface area contributed by atoms with Crippen molar-refractivity contribution in [2.45, 2.75) is 13.8 Å². The van der Waals surface area contributed by atoms with Crippen molar-refractivity contribution >= 4 is 18.7 Å². The summed E-state index contributed by atoms with van der Waals surface area (Å²) in [6.07, 6.45) is 3.24. The molecule has 0 saturated heterocycles. The summed E-state index contributed by atoms with van der Waals surface area (Å²) in [5.74, 6) is 1.84. The van der Waals surface area contributed by atoms with E-state index in [1.54, 1.807) is 0 Å². The van der Waals surface area contributed by atoms with E-state index in [4.69, 9.17) is 11.6 Å². The fourth-order valence-corrected chi connectivity index (χ4v) is 3.28. The van der Waals surface area contributed by atoms with Crippen LogP contribution < -0.4 is 0 Å². The van der Waals surface area contributed by atoms with E-state index in [1.165, 1.54) is 0 Å². The maximum absolute atomic E-state index is 11.8. The van der Waals surface area contributed by atoms with Crippen LogP contribution in [-0.4, -0.2) is 12.3 Å². The Morgan fingerprint density at radius 2 is 2.36 bits per heavy atom. The van der Waals surface area contributed by atoms with Crippen LogP contribution in [0.5, 0.6) is 0 Å². The zero-order valence-corrected chi connectivity index (χ0v) is 8.45. The largest absolute Gasteiger partial charge is 0.319 e. The molecule has 0 radical (unpaired) electrons. The first-order valence-electron chi connectivity index (χ1n) is 3.70. The van der Waals surface area contributed by atoms with Crippen LogP contribution in [0.25, 0.3) is 0 Å². The highest BCUT2D eigenvalue weighted by molar-refractivity contribution is 7.67. The molecule has 1 unspecified atom stereocenters. The van der Waals surface area contributed by atoms with Gasteiger partial charge in [0, 0.05) is 17.4 Å². The van der Waals surface area contributed by atoms with Crippen molar-refractivity contribution in [2.75, 3.05) is 12.3 Å². The van der Waals surface area contributed by atoms with Gasteiger partial charge in [-0.2, -0.15) is 0 Å². The molecule has 1 aliphatic heterocycles. The van der Waals surface area contributed by atoms with Crippen molar-refractivity contribution in [3.63, 3.8) is 0 Å². The molecular weight excluding hydrogens is 179 g/mol. The highest BCUT2D eigenvalue weighted by Crippen LogP contribution is 2.51. The Hall–Kier alpha value is -0.0000000000000000555. The summed E-state index contributed by atoms with van der Waals surface area (Å²) in [7, 11) is -2.01. The Bertz CT molecular complexity index is 265. The minimum Gasteiger partial charge on any atom is -0.319 e. The van der Waals surface area contributed by atoms with Gasteiger partial charge in [0.2, 0.25) is 0 Å². The van der Waals surface area contributed by atoms with E-state index in [0.29, 0.717) is 6.16 Å². The molecule has 62 valence electrons. The first-order chi connectivity index (χ1) is 5.07. The molecule has 1 rings (SSSR count). The molecule has 0 aliphatic carbocycles. The second kappa shape index (κ2) is 3.16. The highest BCUT2D eigenvalue weighted by atomic mass is 35.5. The van der Waals surface area contributed by atoms with Gasteiger partial charge in [-0.1, -0.05) is 24.6 Å². The number of rotatable bonds is 1. The zero-order chi connectivity index (χ0) is 8.48. The SMILES string of the molecule is CCP1(=O)C=C(C)C(Cl)=CC1. The van der Waals surface area contributed by atoms with E-state index in [2.05, 4.69) is 0 Å². The normalized spacial score (nSPS) is 31.2. The minimum atomic E-state index is -2.01. The maximum Gasteiger partial charge on any atom is 0.112 e. The third kappa shape index (κ3) is 1.98. The van der Waals surface area contributed by atoms with Crippen LogP contribution in [0.2, 0.25) is 0 Å². The van der Waals surface area contributed by atoms with Gasteiger partial charge in [-0.15, -0.1) is 0 Å². The Morgan fingerprint density at radius 1 is 1.73 bits per heavy atom. The molecule has 0 bridgehead atoms. The predicted molar refractivity (Wildman–Crippen MR) is 50.7 cm³/mol. The Labute approximate surface area is 72.5 Å². The van der Waals surface area contributed by atoms with Crippen LogP contribution in [-0.2, 0) is 4.57 Å². The van der Waals surface area contributed by atoms with Crippen LogP contribution in [0.4, 0.5) is 0 Å². The van der Waals surface area contributed by atoms with E-state index >= 15 is 0 Å². The van der Waals surface area contributed by atoms with Crippen molar-refractivity contribution in [1.82, 2.24) is 0 Å². The van der Waals surface area contributed by atoms with Gasteiger partial charge < -0.3 is 4.57 Å². The summed E-state index contributed by atoms with van der Waals surface area (Å²) in [4.78, 5) is 0. The lowest BCUT2D eigenvalue weighted by atomic mass is 10.3. The van der Waals surface area contributed by atoms with E-state index < -0.39 is 7.14 Å². The van der Waals surface area contributed by atoms with Crippen molar-refractivity contribution < 1.29 is 4.57 Å². The van der Waals surface area contributed by atoms with Crippen molar-refractivity contribution in [3.8, 4) is 0 Å². The fraction of sp³-hybridized carbons (Fsp3) is 0.500. The number of hydrogen-bond acceptors (Lipinski definition) is 1. The molecular formula is C8H12ClOP. The highest BCUT2D eigenvalue weighted by Gasteiger charge is 2.19. The van der Waals surface area contributed by atoms with Crippen LogP contribution in [0.3, 0.4) is 0 Å². The lowest BCUT2D eigenvalue weighted by molar-refractivity contribution is 0.582. The van der Waals surface area contributed by atoms with Crippen LogP contribution in [0.15, 0.2) is 22.5 Å². The van der Waals surface area contributed by atoms with Gasteiger partial charge in [0.1, 0.15) is 7.14 Å². The topological polar surface area (TPSA) is 17.1 Å². The van der Waals surface area contributed by atoms with Gasteiger partial charge >= 0.3 is 0 Å². The molecule has 0 saturated carbocycles. The second-order valence-corrected chi connectivity index (χ2v) is 6.38. The molecule has 0 N–H and O–H groups in total. The lowest BCUT2D eigenvalue weighted by Crippen LogP contribution is -1.94. The van der Waals surface area contributed by atoms with Gasteiger partial charge in [0.05, 0.1) is 0 Å². The lowest BCUT2D eigenvalue weighted by Gasteiger charge is -2.15. The quantitative estimate of drug-likeness (QED) is 0.579. The summed E-state index contributed by atoms with van der Waals surface area (Å²) in [6.45, 7) is 3.86. The van der Waals surface area contributed by atoms with Crippen LogP contribution in [0.1, 0.15) is 13.8 Å². The molecule has 1 aliphatic rings. The smallest absolute Gasteiger partial charge is 0.112 e. The van der Waals surface area contributed by atoms with Gasteiger partial charge in [-0.25, -0.2) is 0 Å². The monoisotopic (exact) mass is 190 g/mol. The maximum atomic E-state index is 11.8. The average molecular weight is 191 g/mol. The average Bonchev–Trinajstić information content (AvgIpc) is 1.98. The van der Waals surface area contributed by atoms with Gasteiger partial charge in [0.25, 0.3) is 0 Å². The molecule has 0 aromatic carbocycles. The molecule has 0 spiro atoms. The molecule has 1 nitrogen and oxygen atoms in total. The molecule has 0 aromatic rings. The fourth-order valence-electron chi connectivity index (χ4n) is 1.08. The summed E-state index contributed by atoms with van der Waals surface area (Å²) < 4.78 is 11.8. The van der Waals surface area contributed by atoms with Gasteiger partial charge in [0.15, 0.2) is 0 Å². The van der Waals surface area contributed by atoms with Gasteiger partial charge in [-0.05, 0) is 18.3 Å². The van der Waals surface area contributed by atoms with Crippen LogP contribution >= 0.6 is 18.7 Å². The minimum absolute atomic E-state index is 0.639. The number of hydrogen-bond donors (Lipinski definition) is 0. The molecule has 3 heteroatoms. The third-order valence-electron chi connectivity index (χ3n) is 1.92. The number of halogens is 1. The summed E-state index contributed by atoms with van der Waals surface area (Å²) in [5, 5.41) is 0.755. The van der Waals surface area contributed by atoms with Gasteiger partial charge in [-0.3, -0.25) is 0 Å². The first kappa shape index (κ1) is 9.09. The number of allylic oxidation sites excluding steroid dienone is 3. The zero-order valence-electron chi connectivity index (χ0n) is 6.80. The van der Waals surface area contributed by atoms with Crippen molar-refractivity contribution in [2.24, 2.45) is 0 Å². The van der Waals surface area contributed by atoms with Crippen molar-refractivity contribution in [3.05, 3.63) is 22.5 Å². The Morgan fingerprint density at radius 3 is 2.82 bits per heavy atom. The first-order valence-corrected chi connectivity index (χ1v) is 6.23. The van der Waals surface area contributed by atoms with E-state index in [9.17, 15) is 4.57 Å². The standard InChI is InChI=1S/C8H12ClOP/c1-3-11(10)5-4-8(9)7(2)6-11/h4,6H,3,5H2,1-2H3. The second-order valence-electron chi connectivity index (χ2n) is 2.82. The predicted octanol–water partition coefficient (Wildman–Crippen LogP) is 3.41. The van der Waals surface area contributed by atoms with E-state index in [0.717, 1.165) is 16.8 Å². The molecule has 1 heterocycles. The molecule has 11 heavy (non-hydrogen) atoms. The molecule has 0 amide bonds. The Balaban J connectivity index is 2.94.